The predicted octanol–water partition coefficient (Wildman–Crippen LogP) is 4.43. The molecule has 160 valence electrons. The van der Waals surface area contributed by atoms with E-state index in [1.54, 1.807) is 16.8 Å². The average Bonchev–Trinajstić information content (AvgIpc) is 3.42. The first-order valence-corrected chi connectivity index (χ1v) is 11.1. The van der Waals surface area contributed by atoms with Gasteiger partial charge < -0.3 is 10.2 Å². The predicted molar refractivity (Wildman–Crippen MR) is 119 cm³/mol. The zero-order chi connectivity index (χ0) is 21.4. The Hall–Kier alpha value is -2.70. The Kier molecular flexibility index (Phi) is 5.50. The van der Waals surface area contributed by atoms with Gasteiger partial charge in [0.1, 0.15) is 5.82 Å². The van der Waals surface area contributed by atoms with Crippen LogP contribution in [0.4, 0.5) is 4.39 Å². The normalized spacial score (nSPS) is 18.7. The summed E-state index contributed by atoms with van der Waals surface area (Å²) in [6.45, 7) is 2.23. The van der Waals surface area contributed by atoms with Crippen molar-refractivity contribution in [3.05, 3.63) is 71.1 Å². The largest absolute Gasteiger partial charge is 0.339 e. The van der Waals surface area contributed by atoms with Crippen molar-refractivity contribution in [2.24, 2.45) is 5.92 Å². The molecule has 1 amide bonds. The number of aromatic nitrogens is 2. The first-order valence-electron chi connectivity index (χ1n) is 10.7. The van der Waals surface area contributed by atoms with Crippen molar-refractivity contribution in [2.45, 2.75) is 31.8 Å². The molecule has 5 nitrogen and oxygen atoms in total. The third-order valence-electron chi connectivity index (χ3n) is 5.98. The van der Waals surface area contributed by atoms with Gasteiger partial charge in [-0.1, -0.05) is 29.8 Å². The van der Waals surface area contributed by atoms with Crippen molar-refractivity contribution in [3.8, 4) is 16.9 Å². The molecule has 2 fully saturated rings. The second-order valence-electron chi connectivity index (χ2n) is 8.38. The van der Waals surface area contributed by atoms with Crippen LogP contribution >= 0.6 is 11.6 Å². The lowest BCUT2D eigenvalue weighted by Crippen LogP contribution is -2.29. The molecule has 1 aliphatic carbocycles. The number of nitrogens with one attached hydrogen (secondary N) is 1. The molecule has 2 aromatic carbocycles. The van der Waals surface area contributed by atoms with Crippen LogP contribution in [0.15, 0.2) is 54.7 Å². The van der Waals surface area contributed by atoms with Gasteiger partial charge in [0.25, 0.3) is 0 Å². The van der Waals surface area contributed by atoms with E-state index in [4.69, 9.17) is 16.7 Å². The van der Waals surface area contributed by atoms with Crippen LogP contribution < -0.4 is 5.32 Å². The van der Waals surface area contributed by atoms with Gasteiger partial charge in [-0.3, -0.25) is 4.79 Å². The zero-order valence-electron chi connectivity index (χ0n) is 17.1. The Morgan fingerprint density at radius 2 is 1.90 bits per heavy atom. The third kappa shape index (κ3) is 4.36. The molecule has 31 heavy (non-hydrogen) atoms. The number of amides is 1. The van der Waals surface area contributed by atoms with Crippen molar-refractivity contribution < 1.29 is 9.18 Å². The molecular formula is C24H24ClFN4O. The minimum absolute atomic E-state index is 0.282. The minimum atomic E-state index is -0.282. The second-order valence-corrected chi connectivity index (χ2v) is 8.79. The summed E-state index contributed by atoms with van der Waals surface area (Å²) in [5.74, 6) is 0.342. The number of hydrogen-bond acceptors (Lipinski definition) is 3. The van der Waals surface area contributed by atoms with E-state index in [1.165, 1.54) is 12.1 Å². The number of benzene rings is 2. The maximum Gasteiger partial charge on any atom is 0.223 e. The van der Waals surface area contributed by atoms with Crippen molar-refractivity contribution in [3.63, 3.8) is 0 Å². The molecule has 0 radical (unpaired) electrons. The molecule has 1 saturated heterocycles. The van der Waals surface area contributed by atoms with E-state index in [0.29, 0.717) is 29.9 Å². The molecular weight excluding hydrogens is 415 g/mol. The molecule has 2 heterocycles. The smallest absolute Gasteiger partial charge is 0.223 e. The highest BCUT2D eigenvalue weighted by atomic mass is 35.5. The highest BCUT2D eigenvalue weighted by molar-refractivity contribution is 6.33. The molecule has 1 saturated carbocycles. The number of carbonyl (C=O) groups excluding carboxylic acids is 1. The number of likely N-dealkylation sites (tertiary alicyclic amines) is 1. The number of halogens is 2. The molecule has 7 heteroatoms. The van der Waals surface area contributed by atoms with Crippen molar-refractivity contribution in [2.75, 3.05) is 13.1 Å². The lowest BCUT2D eigenvalue weighted by Gasteiger charge is -2.15. The van der Waals surface area contributed by atoms with Gasteiger partial charge in [0.2, 0.25) is 5.91 Å². The number of nitrogens with zero attached hydrogens (tertiary/aromatic N) is 3. The highest BCUT2D eigenvalue weighted by Gasteiger charge is 2.38. The van der Waals surface area contributed by atoms with Crippen LogP contribution in [0.25, 0.3) is 16.9 Å². The van der Waals surface area contributed by atoms with E-state index in [1.807, 2.05) is 35.4 Å². The van der Waals surface area contributed by atoms with Crippen molar-refractivity contribution in [1.82, 2.24) is 20.0 Å². The molecule has 1 atom stereocenters. The molecule has 3 aromatic rings. The third-order valence-corrected chi connectivity index (χ3v) is 6.31. The minimum Gasteiger partial charge on any atom is -0.339 e. The van der Waals surface area contributed by atoms with E-state index >= 15 is 0 Å². The first kappa shape index (κ1) is 20.2. The summed E-state index contributed by atoms with van der Waals surface area (Å²) in [6.07, 6.45) is 4.87. The average molecular weight is 439 g/mol. The topological polar surface area (TPSA) is 50.2 Å². The van der Waals surface area contributed by atoms with E-state index < -0.39 is 0 Å². The fraction of sp³-hybridized carbons (Fsp3) is 0.333. The van der Waals surface area contributed by atoms with Gasteiger partial charge in [-0.05, 0) is 49.1 Å². The van der Waals surface area contributed by atoms with Gasteiger partial charge >= 0.3 is 0 Å². The molecule has 1 aromatic heterocycles. The van der Waals surface area contributed by atoms with Gasteiger partial charge in [0.15, 0.2) is 0 Å². The van der Waals surface area contributed by atoms with Gasteiger partial charge in [-0.15, -0.1) is 0 Å². The lowest BCUT2D eigenvalue weighted by atomic mass is 10.1. The molecule has 2 aliphatic rings. The van der Waals surface area contributed by atoms with Crippen LogP contribution in [0.5, 0.6) is 0 Å². The summed E-state index contributed by atoms with van der Waals surface area (Å²) in [5.41, 5.74) is 3.44. The number of rotatable bonds is 7. The number of hydrogen-bond donors (Lipinski definition) is 1. The van der Waals surface area contributed by atoms with Crippen molar-refractivity contribution >= 4 is 17.5 Å². The van der Waals surface area contributed by atoms with Crippen LogP contribution in [0.2, 0.25) is 5.02 Å². The van der Waals surface area contributed by atoms with Crippen LogP contribution in [0.3, 0.4) is 0 Å². The number of carbonyl (C=O) groups is 1. The maximum atomic E-state index is 13.3. The Morgan fingerprint density at radius 1 is 1.13 bits per heavy atom. The second kappa shape index (κ2) is 8.44. The summed E-state index contributed by atoms with van der Waals surface area (Å²) in [5, 5.41) is 8.90. The summed E-state index contributed by atoms with van der Waals surface area (Å²) in [6, 6.07) is 14.4. The fourth-order valence-electron chi connectivity index (χ4n) is 4.24. The van der Waals surface area contributed by atoms with Crippen LogP contribution in [-0.2, 0) is 11.3 Å². The summed E-state index contributed by atoms with van der Waals surface area (Å²) < 4.78 is 15.1. The van der Waals surface area contributed by atoms with E-state index in [-0.39, 0.29) is 11.7 Å². The lowest BCUT2D eigenvalue weighted by molar-refractivity contribution is -0.128. The zero-order valence-corrected chi connectivity index (χ0v) is 17.9. The standard InChI is InChI=1S/C24H24ClFN4O/c25-22-4-2-1-3-21(22)24-17(15-30(28-24)20-7-5-18(26)6-8-20)13-27-12-16-11-23(31)29(14-16)19-9-10-19/h1-8,15-16,19,27H,9-14H2/t16-/m0/s1. The van der Waals surface area contributed by atoms with E-state index in [2.05, 4.69) is 5.32 Å². The Bertz CT molecular complexity index is 1090. The van der Waals surface area contributed by atoms with Gasteiger partial charge in [0.05, 0.1) is 16.4 Å². The highest BCUT2D eigenvalue weighted by Crippen LogP contribution is 2.33. The molecule has 0 spiro atoms. The van der Waals surface area contributed by atoms with E-state index in [9.17, 15) is 9.18 Å². The molecule has 0 bridgehead atoms. The van der Waals surface area contributed by atoms with Gasteiger partial charge in [0, 0.05) is 49.4 Å². The monoisotopic (exact) mass is 438 g/mol. The quantitative estimate of drug-likeness (QED) is 0.593. The van der Waals surface area contributed by atoms with Crippen LogP contribution in [0, 0.1) is 11.7 Å². The molecule has 1 N–H and O–H groups in total. The molecule has 5 rings (SSSR count). The van der Waals surface area contributed by atoms with Crippen molar-refractivity contribution in [1.29, 1.82) is 0 Å². The fourth-order valence-corrected chi connectivity index (χ4v) is 4.47. The Balaban J connectivity index is 1.34. The SMILES string of the molecule is O=C1C[C@@H](CNCc2cn(-c3ccc(F)cc3)nc2-c2ccccc2Cl)CN1C1CC1. The summed E-state index contributed by atoms with van der Waals surface area (Å²) >= 11 is 6.45. The Labute approximate surface area is 185 Å². The van der Waals surface area contributed by atoms with Crippen LogP contribution in [-0.4, -0.2) is 39.7 Å². The van der Waals surface area contributed by atoms with Gasteiger partial charge in [-0.25, -0.2) is 9.07 Å². The molecule has 0 unspecified atom stereocenters. The Morgan fingerprint density at radius 3 is 2.65 bits per heavy atom. The van der Waals surface area contributed by atoms with Gasteiger partial charge in [-0.2, -0.15) is 5.10 Å². The van der Waals surface area contributed by atoms with E-state index in [0.717, 1.165) is 48.4 Å². The van der Waals surface area contributed by atoms with Crippen LogP contribution in [0.1, 0.15) is 24.8 Å². The first-order chi connectivity index (χ1) is 15.1. The molecule has 1 aliphatic heterocycles. The summed E-state index contributed by atoms with van der Waals surface area (Å²) in [4.78, 5) is 14.3. The summed E-state index contributed by atoms with van der Waals surface area (Å²) in [7, 11) is 0. The maximum absolute atomic E-state index is 13.3.